The highest BCUT2D eigenvalue weighted by Crippen LogP contribution is 2.17. The van der Waals surface area contributed by atoms with E-state index in [1.807, 2.05) is 0 Å². The third kappa shape index (κ3) is 7.73. The van der Waals surface area contributed by atoms with Crippen molar-refractivity contribution in [1.82, 2.24) is 20.2 Å². The highest BCUT2D eigenvalue weighted by molar-refractivity contribution is 7.89. The third-order valence-corrected chi connectivity index (χ3v) is 7.06. The molecule has 3 aromatic rings. The lowest BCUT2D eigenvalue weighted by atomic mass is 10.2. The second-order valence-electron chi connectivity index (χ2n) is 7.11. The predicted octanol–water partition coefficient (Wildman–Crippen LogP) is 1.83. The van der Waals surface area contributed by atoms with Gasteiger partial charge in [-0.05, 0) is 42.5 Å². The second kappa shape index (κ2) is 12.2. The summed E-state index contributed by atoms with van der Waals surface area (Å²) < 4.78 is 37.1. The summed E-state index contributed by atoms with van der Waals surface area (Å²) in [7, 11) is -0.723. The van der Waals surface area contributed by atoms with E-state index < -0.39 is 15.9 Å². The van der Waals surface area contributed by atoms with Gasteiger partial charge in [-0.25, -0.2) is 13.1 Å². The monoisotopic (exact) mass is 519 g/mol. The maximum Gasteiger partial charge on any atom is 0.251 e. The van der Waals surface area contributed by atoms with Gasteiger partial charge in [0.25, 0.3) is 5.91 Å². The van der Waals surface area contributed by atoms with Gasteiger partial charge in [-0.2, -0.15) is 0 Å². The molecule has 1 heterocycles. The molecule has 0 radical (unpaired) electrons. The number of ether oxygens (including phenoxy) is 2. The summed E-state index contributed by atoms with van der Waals surface area (Å²) in [5.74, 6) is 0.491. The molecule has 3 N–H and O–H groups in total. The highest BCUT2D eigenvalue weighted by atomic mass is 32.2. The maximum atomic E-state index is 12.3. The molecule has 11 nitrogen and oxygen atoms in total. The average Bonchev–Trinajstić information content (AvgIpc) is 3.30. The number of aromatic nitrogens is 2. The number of benzene rings is 2. The lowest BCUT2D eigenvalue weighted by molar-refractivity contribution is -0.116. The predicted molar refractivity (Wildman–Crippen MR) is 130 cm³/mol. The van der Waals surface area contributed by atoms with Gasteiger partial charge in [0.1, 0.15) is 16.5 Å². The van der Waals surface area contributed by atoms with E-state index in [-0.39, 0.29) is 23.8 Å². The lowest BCUT2D eigenvalue weighted by Gasteiger charge is -2.07. The van der Waals surface area contributed by atoms with Crippen molar-refractivity contribution in [1.29, 1.82) is 0 Å². The Balaban J connectivity index is 1.40. The minimum absolute atomic E-state index is 0.0750. The SMILES string of the molecule is COc1ccc(S(=O)(=O)NCCC(=O)Nc2nnc(CCNC(=O)c3cccc(OC)c3)s2)cc1. The van der Waals surface area contributed by atoms with Gasteiger partial charge < -0.3 is 20.1 Å². The normalized spacial score (nSPS) is 11.0. The Morgan fingerprint density at radius 3 is 2.43 bits per heavy atom. The number of nitrogens with one attached hydrogen (secondary N) is 3. The molecule has 35 heavy (non-hydrogen) atoms. The Kier molecular flexibility index (Phi) is 9.11. The van der Waals surface area contributed by atoms with E-state index in [2.05, 4.69) is 25.6 Å². The van der Waals surface area contributed by atoms with Crippen LogP contribution in [0.4, 0.5) is 5.13 Å². The third-order valence-electron chi connectivity index (χ3n) is 4.68. The van der Waals surface area contributed by atoms with Crippen LogP contribution >= 0.6 is 11.3 Å². The van der Waals surface area contributed by atoms with Crippen molar-refractivity contribution in [3.8, 4) is 11.5 Å². The second-order valence-corrected chi connectivity index (χ2v) is 9.94. The molecule has 0 unspecified atom stereocenters. The molecule has 0 aliphatic carbocycles. The minimum Gasteiger partial charge on any atom is -0.497 e. The fourth-order valence-corrected chi connectivity index (χ4v) is 4.66. The molecule has 2 amide bonds. The number of hydrogen-bond donors (Lipinski definition) is 3. The number of anilines is 1. The van der Waals surface area contributed by atoms with Crippen LogP contribution in [0, 0.1) is 0 Å². The van der Waals surface area contributed by atoms with Crippen LogP contribution < -0.4 is 24.8 Å². The zero-order valence-electron chi connectivity index (χ0n) is 19.1. The van der Waals surface area contributed by atoms with Gasteiger partial charge in [-0.3, -0.25) is 9.59 Å². The maximum absolute atomic E-state index is 12.3. The van der Waals surface area contributed by atoms with E-state index in [0.717, 1.165) is 0 Å². The molecule has 0 aliphatic rings. The largest absolute Gasteiger partial charge is 0.497 e. The van der Waals surface area contributed by atoms with E-state index in [4.69, 9.17) is 9.47 Å². The Morgan fingerprint density at radius 1 is 0.971 bits per heavy atom. The van der Waals surface area contributed by atoms with E-state index in [1.54, 1.807) is 36.4 Å². The first-order valence-corrected chi connectivity index (χ1v) is 12.8. The topological polar surface area (TPSA) is 149 Å². The van der Waals surface area contributed by atoms with Gasteiger partial charge in [0.05, 0.1) is 19.1 Å². The van der Waals surface area contributed by atoms with Crippen molar-refractivity contribution in [2.75, 3.05) is 32.6 Å². The molecule has 0 saturated heterocycles. The molecule has 186 valence electrons. The smallest absolute Gasteiger partial charge is 0.251 e. The van der Waals surface area contributed by atoms with Crippen LogP contribution in [0.2, 0.25) is 0 Å². The number of carbonyl (C=O) groups excluding carboxylic acids is 2. The number of methoxy groups -OCH3 is 2. The average molecular weight is 520 g/mol. The molecular weight excluding hydrogens is 494 g/mol. The molecule has 3 rings (SSSR count). The Hall–Kier alpha value is -3.55. The number of nitrogens with zero attached hydrogens (tertiary/aromatic N) is 2. The standard InChI is InChI=1S/C22H25N5O6S2/c1-32-16-6-8-18(9-7-16)35(30,31)24-13-10-19(28)25-22-27-26-20(34-22)11-12-23-21(29)15-4-3-5-17(14-15)33-2/h3-9,14,24H,10-13H2,1-2H3,(H,23,29)(H,25,27,28). The first kappa shape index (κ1) is 26.1. The van der Waals surface area contributed by atoms with Crippen LogP contribution in [0.5, 0.6) is 11.5 Å². The summed E-state index contributed by atoms with van der Waals surface area (Å²) in [5.41, 5.74) is 0.484. The van der Waals surface area contributed by atoms with E-state index in [9.17, 15) is 18.0 Å². The first-order chi connectivity index (χ1) is 16.8. The molecular formula is C22H25N5O6S2. The number of rotatable bonds is 12. The van der Waals surface area contributed by atoms with Crippen LogP contribution in [0.3, 0.4) is 0 Å². The minimum atomic E-state index is -3.74. The summed E-state index contributed by atoms with van der Waals surface area (Å²) in [6.45, 7) is 0.258. The summed E-state index contributed by atoms with van der Waals surface area (Å²) >= 11 is 1.18. The van der Waals surface area contributed by atoms with Crippen LogP contribution in [-0.4, -0.2) is 57.7 Å². The highest BCUT2D eigenvalue weighted by Gasteiger charge is 2.15. The van der Waals surface area contributed by atoms with Crippen molar-refractivity contribution in [2.45, 2.75) is 17.7 Å². The molecule has 2 aromatic carbocycles. The van der Waals surface area contributed by atoms with Crippen molar-refractivity contribution in [3.63, 3.8) is 0 Å². The number of amides is 2. The van der Waals surface area contributed by atoms with Gasteiger partial charge >= 0.3 is 0 Å². The quantitative estimate of drug-likeness (QED) is 0.328. The van der Waals surface area contributed by atoms with Gasteiger partial charge in [0.2, 0.25) is 21.1 Å². The zero-order valence-corrected chi connectivity index (χ0v) is 20.7. The fourth-order valence-electron chi connectivity index (χ4n) is 2.87. The van der Waals surface area contributed by atoms with Gasteiger partial charge in [-0.15, -0.1) is 10.2 Å². The summed E-state index contributed by atoms with van der Waals surface area (Å²) in [5, 5.41) is 14.2. The Morgan fingerprint density at radius 2 is 1.71 bits per heavy atom. The number of hydrogen-bond acceptors (Lipinski definition) is 9. The van der Waals surface area contributed by atoms with Crippen LogP contribution in [0.15, 0.2) is 53.4 Å². The molecule has 13 heteroatoms. The lowest BCUT2D eigenvalue weighted by Crippen LogP contribution is -2.27. The Labute approximate surface area is 206 Å². The Bertz CT molecular complexity index is 1260. The molecule has 1 aromatic heterocycles. The van der Waals surface area contributed by atoms with Crippen molar-refractivity contribution in [3.05, 3.63) is 59.1 Å². The molecule has 0 bridgehead atoms. The fraction of sp³-hybridized carbons (Fsp3) is 0.273. The molecule has 0 spiro atoms. The van der Waals surface area contributed by atoms with Crippen molar-refractivity contribution >= 4 is 38.3 Å². The van der Waals surface area contributed by atoms with Crippen molar-refractivity contribution < 1.29 is 27.5 Å². The van der Waals surface area contributed by atoms with Gasteiger partial charge in [-0.1, -0.05) is 17.4 Å². The van der Waals surface area contributed by atoms with Crippen LogP contribution in [0.25, 0.3) is 0 Å². The number of sulfonamides is 1. The van der Waals surface area contributed by atoms with E-state index in [0.29, 0.717) is 40.2 Å². The molecule has 0 aliphatic heterocycles. The summed E-state index contributed by atoms with van der Waals surface area (Å²) in [6, 6.07) is 12.7. The first-order valence-electron chi connectivity index (χ1n) is 10.5. The van der Waals surface area contributed by atoms with Crippen LogP contribution in [0.1, 0.15) is 21.8 Å². The van der Waals surface area contributed by atoms with Gasteiger partial charge in [0.15, 0.2) is 0 Å². The summed E-state index contributed by atoms with van der Waals surface area (Å²) in [6.07, 6.45) is 0.353. The molecule has 0 atom stereocenters. The van der Waals surface area contributed by atoms with E-state index in [1.165, 1.54) is 37.7 Å². The van der Waals surface area contributed by atoms with E-state index >= 15 is 0 Å². The molecule has 0 fully saturated rings. The molecule has 0 saturated carbocycles. The summed E-state index contributed by atoms with van der Waals surface area (Å²) in [4.78, 5) is 24.5. The van der Waals surface area contributed by atoms with Crippen molar-refractivity contribution in [2.24, 2.45) is 0 Å². The number of carbonyl (C=O) groups is 2. The van der Waals surface area contributed by atoms with Gasteiger partial charge in [0, 0.05) is 31.5 Å². The zero-order chi connectivity index (χ0) is 25.3. The van der Waals surface area contributed by atoms with Crippen LogP contribution in [-0.2, 0) is 21.2 Å².